The van der Waals surface area contributed by atoms with E-state index in [0.29, 0.717) is 0 Å². The summed E-state index contributed by atoms with van der Waals surface area (Å²) in [5.74, 6) is 0. The molecule has 7 aromatic carbocycles. The molecule has 2 aromatic heterocycles. The van der Waals surface area contributed by atoms with Crippen molar-refractivity contribution in [3.05, 3.63) is 170 Å². The van der Waals surface area contributed by atoms with Crippen LogP contribution in [0.25, 0.3) is 60.6 Å². The Hall–Kier alpha value is -6.06. The lowest BCUT2D eigenvalue weighted by Crippen LogP contribution is -2.10. The van der Waals surface area contributed by atoms with Crippen LogP contribution >= 0.6 is 0 Å². The first-order chi connectivity index (χ1) is 22.3. The summed E-state index contributed by atoms with van der Waals surface area (Å²) >= 11 is 0. The lowest BCUT2D eigenvalue weighted by Gasteiger charge is -2.25. The van der Waals surface area contributed by atoms with Gasteiger partial charge in [0.25, 0.3) is 0 Å². The number of aromatic nitrogens is 1. The van der Waals surface area contributed by atoms with Crippen molar-refractivity contribution in [1.29, 1.82) is 0 Å². The summed E-state index contributed by atoms with van der Waals surface area (Å²) in [6.07, 6.45) is 0. The monoisotopic (exact) mass is 576 g/mol. The Bertz CT molecular complexity index is 2470. The van der Waals surface area contributed by atoms with Crippen molar-refractivity contribution in [2.45, 2.75) is 0 Å². The second-order valence-electron chi connectivity index (χ2n) is 11.4. The predicted octanol–water partition coefficient (Wildman–Crippen LogP) is 11.8. The molecule has 3 nitrogen and oxygen atoms in total. The minimum absolute atomic E-state index is 0.874. The van der Waals surface area contributed by atoms with Crippen LogP contribution in [0.15, 0.2) is 174 Å². The van der Waals surface area contributed by atoms with Crippen molar-refractivity contribution >= 4 is 60.8 Å². The SMILES string of the molecule is c1ccc(-c2cccc3c2c2cc(N(c4ccccc4)c4cccc5c4oc4ccccc45)ccc2n3-c2ccccc2)cc1. The first kappa shape index (κ1) is 25.4. The molecule has 0 spiro atoms. The summed E-state index contributed by atoms with van der Waals surface area (Å²) in [6, 6.07) is 60.1. The van der Waals surface area contributed by atoms with E-state index in [9.17, 15) is 0 Å². The van der Waals surface area contributed by atoms with E-state index < -0.39 is 0 Å². The molecule has 0 saturated carbocycles. The van der Waals surface area contributed by atoms with Gasteiger partial charge >= 0.3 is 0 Å². The topological polar surface area (TPSA) is 21.3 Å². The lowest BCUT2D eigenvalue weighted by atomic mass is 9.99. The maximum atomic E-state index is 6.56. The molecule has 0 fully saturated rings. The van der Waals surface area contributed by atoms with E-state index in [4.69, 9.17) is 4.42 Å². The fraction of sp³-hybridized carbons (Fsp3) is 0. The van der Waals surface area contributed by atoms with Crippen LogP contribution in [0.4, 0.5) is 17.1 Å². The normalized spacial score (nSPS) is 11.6. The quantitative estimate of drug-likeness (QED) is 0.203. The molecule has 0 aliphatic carbocycles. The molecule has 0 amide bonds. The summed E-state index contributed by atoms with van der Waals surface area (Å²) in [6.45, 7) is 0. The van der Waals surface area contributed by atoms with Crippen LogP contribution in [-0.4, -0.2) is 4.57 Å². The number of anilines is 3. The molecule has 0 radical (unpaired) electrons. The second-order valence-corrected chi connectivity index (χ2v) is 11.4. The minimum Gasteiger partial charge on any atom is -0.454 e. The predicted molar refractivity (Wildman–Crippen MR) is 188 cm³/mol. The third-order valence-electron chi connectivity index (χ3n) is 8.77. The Kier molecular flexibility index (Phi) is 5.82. The van der Waals surface area contributed by atoms with E-state index in [1.165, 1.54) is 32.9 Å². The maximum absolute atomic E-state index is 6.56. The highest BCUT2D eigenvalue weighted by molar-refractivity contribution is 6.17. The van der Waals surface area contributed by atoms with E-state index in [1.807, 2.05) is 12.1 Å². The second kappa shape index (κ2) is 10.3. The van der Waals surface area contributed by atoms with Crippen LogP contribution in [-0.2, 0) is 0 Å². The van der Waals surface area contributed by atoms with Gasteiger partial charge in [-0.2, -0.15) is 0 Å². The largest absolute Gasteiger partial charge is 0.454 e. The molecule has 212 valence electrons. The Morgan fingerprint density at radius 2 is 1.16 bits per heavy atom. The van der Waals surface area contributed by atoms with E-state index in [0.717, 1.165) is 44.7 Å². The maximum Gasteiger partial charge on any atom is 0.159 e. The molecule has 0 atom stereocenters. The Labute approximate surface area is 260 Å². The van der Waals surface area contributed by atoms with Crippen molar-refractivity contribution in [3.63, 3.8) is 0 Å². The zero-order valence-corrected chi connectivity index (χ0v) is 24.5. The van der Waals surface area contributed by atoms with Gasteiger partial charge in [0.2, 0.25) is 0 Å². The summed E-state index contributed by atoms with van der Waals surface area (Å²) in [5.41, 5.74) is 10.8. The van der Waals surface area contributed by atoms with Crippen molar-refractivity contribution < 1.29 is 4.42 Å². The van der Waals surface area contributed by atoms with E-state index in [-0.39, 0.29) is 0 Å². The van der Waals surface area contributed by atoms with Crippen LogP contribution in [0.1, 0.15) is 0 Å². The Morgan fingerprint density at radius 3 is 1.98 bits per heavy atom. The molecule has 45 heavy (non-hydrogen) atoms. The highest BCUT2D eigenvalue weighted by Crippen LogP contribution is 2.45. The number of fused-ring (bicyclic) bond motifs is 6. The molecule has 0 bridgehead atoms. The van der Waals surface area contributed by atoms with Gasteiger partial charge in [0, 0.05) is 38.6 Å². The van der Waals surface area contributed by atoms with Gasteiger partial charge in [0.05, 0.1) is 16.7 Å². The summed E-state index contributed by atoms with van der Waals surface area (Å²) < 4.78 is 8.94. The molecular formula is C42H28N2O. The fourth-order valence-corrected chi connectivity index (χ4v) is 6.82. The number of benzene rings is 7. The first-order valence-electron chi connectivity index (χ1n) is 15.3. The number of furan rings is 1. The van der Waals surface area contributed by atoms with Crippen molar-refractivity contribution in [3.8, 4) is 16.8 Å². The van der Waals surface area contributed by atoms with Crippen LogP contribution in [0.2, 0.25) is 0 Å². The standard InChI is InChI=1S/C42H28N2O/c1-4-14-29(15-5-1)33-21-12-23-38-41(33)36-28-32(26-27-37(36)44(38)31-18-8-3-9-19-31)43(30-16-6-2-7-17-30)39-24-13-22-35-34-20-10-11-25-40(34)45-42(35)39/h1-28H. The molecule has 9 rings (SSSR count). The van der Waals surface area contributed by atoms with Gasteiger partial charge in [-0.05, 0) is 71.8 Å². The molecule has 0 aliphatic rings. The van der Waals surface area contributed by atoms with Gasteiger partial charge < -0.3 is 13.9 Å². The number of hydrogen-bond donors (Lipinski definition) is 0. The van der Waals surface area contributed by atoms with E-state index in [2.05, 4.69) is 167 Å². The molecule has 0 N–H and O–H groups in total. The molecule has 9 aromatic rings. The van der Waals surface area contributed by atoms with Crippen LogP contribution in [0.3, 0.4) is 0 Å². The number of para-hydroxylation sites is 4. The van der Waals surface area contributed by atoms with Gasteiger partial charge in [0.15, 0.2) is 5.58 Å². The van der Waals surface area contributed by atoms with Crippen molar-refractivity contribution in [2.75, 3.05) is 4.90 Å². The van der Waals surface area contributed by atoms with Crippen molar-refractivity contribution in [2.24, 2.45) is 0 Å². The lowest BCUT2D eigenvalue weighted by molar-refractivity contribution is 0.669. The van der Waals surface area contributed by atoms with Crippen LogP contribution in [0.5, 0.6) is 0 Å². The average Bonchev–Trinajstić information content (AvgIpc) is 3.66. The number of rotatable bonds is 5. The third kappa shape index (κ3) is 4.05. The van der Waals surface area contributed by atoms with Gasteiger partial charge in [0.1, 0.15) is 5.58 Å². The van der Waals surface area contributed by atoms with Gasteiger partial charge in [-0.15, -0.1) is 0 Å². The highest BCUT2D eigenvalue weighted by Gasteiger charge is 2.22. The fourth-order valence-electron chi connectivity index (χ4n) is 6.82. The molecule has 0 saturated heterocycles. The molecule has 0 unspecified atom stereocenters. The minimum atomic E-state index is 0.874. The first-order valence-corrected chi connectivity index (χ1v) is 15.3. The average molecular weight is 577 g/mol. The Morgan fingerprint density at radius 1 is 0.467 bits per heavy atom. The van der Waals surface area contributed by atoms with Crippen molar-refractivity contribution in [1.82, 2.24) is 4.57 Å². The summed E-state index contributed by atoms with van der Waals surface area (Å²) in [5, 5.41) is 4.66. The molecular weight excluding hydrogens is 548 g/mol. The van der Waals surface area contributed by atoms with E-state index >= 15 is 0 Å². The van der Waals surface area contributed by atoms with Gasteiger partial charge in [-0.1, -0.05) is 109 Å². The smallest absolute Gasteiger partial charge is 0.159 e. The number of nitrogens with zero attached hydrogens (tertiary/aromatic N) is 2. The Balaban J connectivity index is 1.36. The van der Waals surface area contributed by atoms with Crippen LogP contribution < -0.4 is 4.90 Å². The highest BCUT2D eigenvalue weighted by atomic mass is 16.3. The molecule has 3 heteroatoms. The third-order valence-corrected chi connectivity index (χ3v) is 8.77. The van der Waals surface area contributed by atoms with E-state index in [1.54, 1.807) is 0 Å². The summed E-state index contributed by atoms with van der Waals surface area (Å²) in [4.78, 5) is 2.32. The zero-order valence-electron chi connectivity index (χ0n) is 24.5. The van der Waals surface area contributed by atoms with Gasteiger partial charge in [-0.3, -0.25) is 0 Å². The molecule has 2 heterocycles. The summed E-state index contributed by atoms with van der Waals surface area (Å²) in [7, 11) is 0. The number of hydrogen-bond acceptors (Lipinski definition) is 2. The molecule has 0 aliphatic heterocycles. The van der Waals surface area contributed by atoms with Crippen LogP contribution in [0, 0.1) is 0 Å². The zero-order chi connectivity index (χ0) is 29.7. The van der Waals surface area contributed by atoms with Gasteiger partial charge in [-0.25, -0.2) is 0 Å².